The van der Waals surface area contributed by atoms with Gasteiger partial charge < -0.3 is 10.6 Å². The van der Waals surface area contributed by atoms with Crippen molar-refractivity contribution in [1.29, 1.82) is 0 Å². The molecule has 0 aliphatic heterocycles. The fourth-order valence-corrected chi connectivity index (χ4v) is 2.72. The van der Waals surface area contributed by atoms with Crippen LogP contribution in [-0.4, -0.2) is 13.1 Å². The molecular formula is C18H23BrN2. The van der Waals surface area contributed by atoms with Crippen LogP contribution in [0.25, 0.3) is 0 Å². The zero-order chi connectivity index (χ0) is 15.2. The van der Waals surface area contributed by atoms with E-state index in [2.05, 4.69) is 77.3 Å². The fourth-order valence-electron chi connectivity index (χ4n) is 2.31. The van der Waals surface area contributed by atoms with Crippen LogP contribution in [0.15, 0.2) is 53.0 Å². The number of anilines is 1. The van der Waals surface area contributed by atoms with E-state index in [1.165, 1.54) is 16.8 Å². The lowest BCUT2D eigenvalue weighted by Gasteiger charge is -2.20. The first-order valence-corrected chi connectivity index (χ1v) is 8.18. The van der Waals surface area contributed by atoms with E-state index in [0.29, 0.717) is 0 Å². The van der Waals surface area contributed by atoms with Crippen molar-refractivity contribution in [2.75, 3.05) is 11.9 Å². The normalized spacial score (nSPS) is 12.2. The summed E-state index contributed by atoms with van der Waals surface area (Å²) in [5.74, 6) is 0. The van der Waals surface area contributed by atoms with Gasteiger partial charge in [-0.2, -0.15) is 0 Å². The molecule has 0 heterocycles. The van der Waals surface area contributed by atoms with Crippen LogP contribution in [0.2, 0.25) is 0 Å². The van der Waals surface area contributed by atoms with Crippen molar-refractivity contribution >= 4 is 21.6 Å². The van der Waals surface area contributed by atoms with E-state index in [0.717, 1.165) is 23.9 Å². The zero-order valence-electron chi connectivity index (χ0n) is 12.7. The highest BCUT2D eigenvalue weighted by atomic mass is 79.9. The number of rotatable bonds is 6. The van der Waals surface area contributed by atoms with Gasteiger partial charge >= 0.3 is 0 Å². The molecule has 0 spiro atoms. The van der Waals surface area contributed by atoms with Gasteiger partial charge in [-0.05, 0) is 42.2 Å². The van der Waals surface area contributed by atoms with E-state index in [4.69, 9.17) is 5.73 Å². The summed E-state index contributed by atoms with van der Waals surface area (Å²) in [6.45, 7) is 3.01. The molecule has 0 fully saturated rings. The minimum absolute atomic E-state index is 0.258. The van der Waals surface area contributed by atoms with Crippen LogP contribution in [0.4, 0.5) is 5.69 Å². The van der Waals surface area contributed by atoms with Crippen LogP contribution in [0.3, 0.4) is 0 Å². The highest BCUT2D eigenvalue weighted by Crippen LogP contribution is 2.21. The van der Waals surface area contributed by atoms with Crippen LogP contribution >= 0.6 is 15.9 Å². The highest BCUT2D eigenvalue weighted by molar-refractivity contribution is 9.10. The predicted molar refractivity (Wildman–Crippen MR) is 94.7 cm³/mol. The van der Waals surface area contributed by atoms with Crippen molar-refractivity contribution in [2.24, 2.45) is 5.73 Å². The lowest BCUT2D eigenvalue weighted by molar-refractivity contribution is 0.646. The third kappa shape index (κ3) is 4.58. The van der Waals surface area contributed by atoms with Gasteiger partial charge in [-0.3, -0.25) is 0 Å². The Bertz CT molecular complexity index is 566. The minimum Gasteiger partial charge on any atom is -0.370 e. The summed E-state index contributed by atoms with van der Waals surface area (Å²) < 4.78 is 1.15. The number of benzene rings is 2. The Hall–Kier alpha value is -1.32. The number of hydrogen-bond donors (Lipinski definition) is 1. The molecule has 21 heavy (non-hydrogen) atoms. The van der Waals surface area contributed by atoms with Gasteiger partial charge in [-0.25, -0.2) is 0 Å². The van der Waals surface area contributed by atoms with Gasteiger partial charge in [0.05, 0.1) is 0 Å². The number of hydrogen-bond acceptors (Lipinski definition) is 2. The molecule has 0 saturated carbocycles. The molecule has 1 unspecified atom stereocenters. The van der Waals surface area contributed by atoms with Gasteiger partial charge in [-0.15, -0.1) is 0 Å². The smallest absolute Gasteiger partial charge is 0.0437 e. The average Bonchev–Trinajstić information content (AvgIpc) is 2.50. The van der Waals surface area contributed by atoms with Crippen molar-refractivity contribution in [3.05, 3.63) is 64.1 Å². The summed E-state index contributed by atoms with van der Waals surface area (Å²) in [7, 11) is 2.12. The Balaban J connectivity index is 2.03. The van der Waals surface area contributed by atoms with E-state index < -0.39 is 0 Å². The van der Waals surface area contributed by atoms with Gasteiger partial charge in [0.25, 0.3) is 0 Å². The average molecular weight is 347 g/mol. The third-order valence-corrected chi connectivity index (χ3v) is 4.54. The van der Waals surface area contributed by atoms with Gasteiger partial charge in [0.15, 0.2) is 0 Å². The van der Waals surface area contributed by atoms with Gasteiger partial charge in [0, 0.05) is 29.8 Å². The molecule has 0 radical (unpaired) electrons. The standard InChI is InChI=1S/C18H23BrN2/c1-3-16(20)12-14-8-10-17(11-9-14)21(2)13-15-6-4-5-7-18(15)19/h4-11,16H,3,12-13,20H2,1-2H3. The van der Waals surface area contributed by atoms with Crippen molar-refractivity contribution in [1.82, 2.24) is 0 Å². The van der Waals surface area contributed by atoms with E-state index >= 15 is 0 Å². The maximum Gasteiger partial charge on any atom is 0.0437 e. The molecule has 1 atom stereocenters. The zero-order valence-corrected chi connectivity index (χ0v) is 14.3. The summed E-state index contributed by atoms with van der Waals surface area (Å²) in [6, 6.07) is 17.3. The molecule has 2 aromatic rings. The van der Waals surface area contributed by atoms with Crippen molar-refractivity contribution < 1.29 is 0 Å². The van der Waals surface area contributed by atoms with Crippen molar-refractivity contribution in [2.45, 2.75) is 32.4 Å². The molecule has 0 aromatic heterocycles. The number of halogens is 1. The van der Waals surface area contributed by atoms with Crippen molar-refractivity contribution in [3.63, 3.8) is 0 Å². The molecule has 2 rings (SSSR count). The summed E-state index contributed by atoms with van der Waals surface area (Å²) in [4.78, 5) is 2.25. The van der Waals surface area contributed by atoms with Crippen molar-refractivity contribution in [3.8, 4) is 0 Å². The van der Waals surface area contributed by atoms with Gasteiger partial charge in [0.1, 0.15) is 0 Å². The summed E-state index contributed by atoms with van der Waals surface area (Å²) in [5, 5.41) is 0. The van der Waals surface area contributed by atoms with E-state index in [1.54, 1.807) is 0 Å². The fraction of sp³-hybridized carbons (Fsp3) is 0.333. The third-order valence-electron chi connectivity index (χ3n) is 3.76. The Morgan fingerprint density at radius 3 is 2.38 bits per heavy atom. The maximum atomic E-state index is 6.01. The first kappa shape index (κ1) is 16.1. The molecule has 3 heteroatoms. The Labute approximate surface area is 136 Å². The summed E-state index contributed by atoms with van der Waals surface area (Å²) in [5.41, 5.74) is 9.82. The van der Waals surface area contributed by atoms with Gasteiger partial charge in [0.2, 0.25) is 0 Å². The first-order chi connectivity index (χ1) is 10.1. The van der Waals surface area contributed by atoms with Crippen LogP contribution in [-0.2, 0) is 13.0 Å². The number of nitrogens with zero attached hydrogens (tertiary/aromatic N) is 1. The van der Waals surface area contributed by atoms with Crippen LogP contribution in [0.5, 0.6) is 0 Å². The molecule has 0 saturated heterocycles. The quantitative estimate of drug-likeness (QED) is 0.841. The SMILES string of the molecule is CCC(N)Cc1ccc(N(C)Cc2ccccc2Br)cc1. The van der Waals surface area contributed by atoms with E-state index in [9.17, 15) is 0 Å². The van der Waals surface area contributed by atoms with Crippen LogP contribution in [0, 0.1) is 0 Å². The molecule has 0 aliphatic rings. The number of nitrogens with two attached hydrogens (primary N) is 1. The molecule has 0 aliphatic carbocycles. The molecule has 0 bridgehead atoms. The molecular weight excluding hydrogens is 324 g/mol. The second kappa shape index (κ2) is 7.62. The lowest BCUT2D eigenvalue weighted by atomic mass is 10.0. The summed E-state index contributed by atoms with van der Waals surface area (Å²) >= 11 is 3.60. The van der Waals surface area contributed by atoms with Gasteiger partial charge in [-0.1, -0.05) is 53.2 Å². The lowest BCUT2D eigenvalue weighted by Crippen LogP contribution is -2.21. The summed E-state index contributed by atoms with van der Waals surface area (Å²) in [6.07, 6.45) is 1.97. The topological polar surface area (TPSA) is 29.3 Å². The Morgan fingerprint density at radius 2 is 1.76 bits per heavy atom. The monoisotopic (exact) mass is 346 g/mol. The minimum atomic E-state index is 0.258. The Kier molecular flexibility index (Phi) is 5.83. The predicted octanol–water partition coefficient (Wildman–Crippen LogP) is 4.37. The Morgan fingerprint density at radius 1 is 1.10 bits per heavy atom. The second-order valence-electron chi connectivity index (χ2n) is 5.49. The molecule has 0 amide bonds. The second-order valence-corrected chi connectivity index (χ2v) is 6.34. The largest absolute Gasteiger partial charge is 0.370 e. The van der Waals surface area contributed by atoms with E-state index in [1.807, 2.05) is 6.07 Å². The first-order valence-electron chi connectivity index (χ1n) is 7.39. The molecule has 2 aromatic carbocycles. The van der Waals surface area contributed by atoms with Crippen LogP contribution < -0.4 is 10.6 Å². The highest BCUT2D eigenvalue weighted by Gasteiger charge is 2.06. The maximum absolute atomic E-state index is 6.01. The molecule has 2 nitrogen and oxygen atoms in total. The molecule has 112 valence electrons. The molecule has 2 N–H and O–H groups in total. The van der Waals surface area contributed by atoms with Crippen LogP contribution in [0.1, 0.15) is 24.5 Å². The van der Waals surface area contributed by atoms with E-state index in [-0.39, 0.29) is 6.04 Å².